The zero-order valence-corrected chi connectivity index (χ0v) is 19.1. The number of hydrogen-bond donors (Lipinski definition) is 0. The predicted octanol–water partition coefficient (Wildman–Crippen LogP) is 4.30. The summed E-state index contributed by atoms with van der Waals surface area (Å²) in [6, 6.07) is -1.38. The van der Waals surface area contributed by atoms with Crippen LogP contribution >= 0.6 is 0 Å². The maximum Gasteiger partial charge on any atom is 0.420 e. The highest BCUT2D eigenvalue weighted by Gasteiger charge is 2.40. The van der Waals surface area contributed by atoms with Crippen LogP contribution in [0.4, 0.5) is 14.0 Å². The first kappa shape index (κ1) is 27.8. The maximum atomic E-state index is 13.8. The number of rotatable bonds is 9. The topological polar surface area (TPSA) is 101 Å². The van der Waals surface area contributed by atoms with Gasteiger partial charge in [0.1, 0.15) is 29.7 Å². The number of amides is 2. The quantitative estimate of drug-likeness (QED) is 0.174. The van der Waals surface area contributed by atoms with Gasteiger partial charge in [-0.25, -0.2) is 28.5 Å². The van der Waals surface area contributed by atoms with E-state index in [-0.39, 0.29) is 19.4 Å². The number of carbonyl (C=O) groups is 3. The van der Waals surface area contributed by atoms with Gasteiger partial charge in [0.15, 0.2) is 0 Å². The Morgan fingerprint density at radius 2 is 1.47 bits per heavy atom. The van der Waals surface area contributed by atoms with E-state index >= 15 is 0 Å². The zero-order valence-electron chi connectivity index (χ0n) is 19.1. The molecule has 2 amide bonds. The molecular formula is C20H34FNO8. The SMILES string of the molecule is CCOOC/C(F)=C\CC[C@H](C(=O)OC)N(C(=O)OC(C)(C)C)C(=O)OC(C)(C)C. The first-order chi connectivity index (χ1) is 13.7. The second-order valence-corrected chi connectivity index (χ2v) is 8.27. The van der Waals surface area contributed by atoms with Gasteiger partial charge >= 0.3 is 18.2 Å². The molecule has 0 unspecified atom stereocenters. The van der Waals surface area contributed by atoms with Gasteiger partial charge in [-0.15, -0.1) is 0 Å². The Labute approximate surface area is 177 Å². The molecule has 0 radical (unpaired) electrons. The Hall–Kier alpha value is -2.20. The zero-order chi connectivity index (χ0) is 23.5. The summed E-state index contributed by atoms with van der Waals surface area (Å²) in [7, 11) is 1.12. The van der Waals surface area contributed by atoms with Crippen LogP contribution in [0, 0.1) is 0 Å². The minimum absolute atomic E-state index is 0.00316. The van der Waals surface area contributed by atoms with Crippen molar-refractivity contribution in [2.75, 3.05) is 20.3 Å². The average Bonchev–Trinajstić information content (AvgIpc) is 2.57. The molecule has 0 fully saturated rings. The number of ether oxygens (including phenoxy) is 3. The Bertz CT molecular complexity index is 579. The molecule has 0 rings (SSSR count). The molecule has 174 valence electrons. The van der Waals surface area contributed by atoms with Gasteiger partial charge in [-0.2, -0.15) is 4.90 Å². The summed E-state index contributed by atoms with van der Waals surface area (Å²) in [5, 5.41) is 0. The molecule has 0 aliphatic rings. The van der Waals surface area contributed by atoms with Gasteiger partial charge in [-0.1, -0.05) is 6.08 Å². The maximum absolute atomic E-state index is 13.8. The summed E-state index contributed by atoms with van der Waals surface area (Å²) in [4.78, 5) is 47.5. The number of halogens is 1. The van der Waals surface area contributed by atoms with Crippen molar-refractivity contribution in [3.8, 4) is 0 Å². The smallest absolute Gasteiger partial charge is 0.420 e. The molecule has 0 N–H and O–H groups in total. The van der Waals surface area contributed by atoms with Gasteiger partial charge in [0.25, 0.3) is 0 Å². The second-order valence-electron chi connectivity index (χ2n) is 8.27. The van der Waals surface area contributed by atoms with Crippen molar-refractivity contribution in [2.24, 2.45) is 0 Å². The number of methoxy groups -OCH3 is 1. The van der Waals surface area contributed by atoms with Crippen molar-refractivity contribution in [3.63, 3.8) is 0 Å². The van der Waals surface area contributed by atoms with Gasteiger partial charge in [0, 0.05) is 0 Å². The molecule has 0 aliphatic heterocycles. The summed E-state index contributed by atoms with van der Waals surface area (Å²) in [6.45, 7) is 11.2. The molecule has 0 bridgehead atoms. The summed E-state index contributed by atoms with van der Waals surface area (Å²) in [5.74, 6) is -1.50. The fourth-order valence-corrected chi connectivity index (χ4v) is 2.08. The van der Waals surface area contributed by atoms with E-state index < -0.39 is 47.8 Å². The summed E-state index contributed by atoms with van der Waals surface area (Å²) >= 11 is 0. The van der Waals surface area contributed by atoms with Crippen LogP contribution in [0.3, 0.4) is 0 Å². The average molecular weight is 435 g/mol. The van der Waals surface area contributed by atoms with Crippen molar-refractivity contribution in [1.29, 1.82) is 0 Å². The van der Waals surface area contributed by atoms with Gasteiger partial charge in [-0.05, 0) is 61.3 Å². The number of carbonyl (C=O) groups excluding carboxylic acids is 3. The van der Waals surface area contributed by atoms with E-state index in [1.165, 1.54) is 0 Å². The second kappa shape index (κ2) is 12.5. The van der Waals surface area contributed by atoms with E-state index in [9.17, 15) is 18.8 Å². The lowest BCUT2D eigenvalue weighted by Gasteiger charge is -2.32. The van der Waals surface area contributed by atoms with Crippen LogP contribution in [-0.2, 0) is 28.8 Å². The lowest BCUT2D eigenvalue weighted by atomic mass is 10.1. The van der Waals surface area contributed by atoms with Crippen LogP contribution in [0.25, 0.3) is 0 Å². The monoisotopic (exact) mass is 435 g/mol. The fourth-order valence-electron chi connectivity index (χ4n) is 2.08. The number of nitrogens with zero attached hydrogens (tertiary/aromatic N) is 1. The molecule has 30 heavy (non-hydrogen) atoms. The molecule has 10 heteroatoms. The standard InChI is InChI=1S/C20H34FNO8/c1-9-27-28-13-14(21)11-10-12-15(16(23)26-8)22(17(24)29-19(2,3)4)18(25)30-20(5,6)7/h11,15H,9-10,12-13H2,1-8H3/b14-11+/t15-/m1/s1. The number of hydrogen-bond acceptors (Lipinski definition) is 8. The molecule has 0 aliphatic carbocycles. The van der Waals surface area contributed by atoms with E-state index in [2.05, 4.69) is 9.78 Å². The third-order valence-electron chi connectivity index (χ3n) is 3.17. The van der Waals surface area contributed by atoms with Crippen molar-refractivity contribution >= 4 is 18.2 Å². The van der Waals surface area contributed by atoms with Crippen molar-refractivity contribution < 1.29 is 42.8 Å². The van der Waals surface area contributed by atoms with Gasteiger partial charge in [0.05, 0.1) is 13.7 Å². The third kappa shape index (κ3) is 11.7. The Balaban J connectivity index is 5.62. The largest absolute Gasteiger partial charge is 0.467 e. The van der Waals surface area contributed by atoms with Crippen molar-refractivity contribution in [1.82, 2.24) is 4.90 Å². The molecule has 0 saturated carbocycles. The molecular weight excluding hydrogens is 401 g/mol. The van der Waals surface area contributed by atoms with E-state index in [4.69, 9.17) is 14.2 Å². The number of esters is 1. The molecule has 0 saturated heterocycles. The highest BCUT2D eigenvalue weighted by Crippen LogP contribution is 2.20. The molecule has 9 nitrogen and oxygen atoms in total. The van der Waals surface area contributed by atoms with Crippen LogP contribution in [0.2, 0.25) is 0 Å². The van der Waals surface area contributed by atoms with E-state index in [0.717, 1.165) is 13.2 Å². The highest BCUT2D eigenvalue weighted by atomic mass is 19.1. The highest BCUT2D eigenvalue weighted by molar-refractivity contribution is 5.94. The molecule has 0 spiro atoms. The van der Waals surface area contributed by atoms with Crippen molar-refractivity contribution in [2.45, 2.75) is 78.6 Å². The van der Waals surface area contributed by atoms with E-state index in [0.29, 0.717) is 4.90 Å². The molecule has 0 aromatic carbocycles. The third-order valence-corrected chi connectivity index (χ3v) is 3.17. The van der Waals surface area contributed by atoms with E-state index in [1.54, 1.807) is 48.5 Å². The Morgan fingerprint density at radius 3 is 1.87 bits per heavy atom. The van der Waals surface area contributed by atoms with Gasteiger partial charge < -0.3 is 14.2 Å². The molecule has 0 aromatic rings. The van der Waals surface area contributed by atoms with Crippen LogP contribution in [0.1, 0.15) is 61.3 Å². The molecule has 0 aromatic heterocycles. The number of imide groups is 1. The molecule has 1 atom stereocenters. The minimum atomic E-state index is -1.38. The Kier molecular flexibility index (Phi) is 11.6. The normalized spacial score (nSPS) is 13.4. The van der Waals surface area contributed by atoms with Crippen molar-refractivity contribution in [3.05, 3.63) is 11.9 Å². The van der Waals surface area contributed by atoms with Crippen LogP contribution in [0.5, 0.6) is 0 Å². The Morgan fingerprint density at radius 1 is 0.967 bits per heavy atom. The van der Waals surface area contributed by atoms with Crippen LogP contribution in [-0.4, -0.2) is 60.6 Å². The predicted molar refractivity (Wildman–Crippen MR) is 106 cm³/mol. The first-order valence-electron chi connectivity index (χ1n) is 9.63. The van der Waals surface area contributed by atoms with Crippen LogP contribution in [0.15, 0.2) is 11.9 Å². The fraction of sp³-hybridized carbons (Fsp3) is 0.750. The summed E-state index contributed by atoms with van der Waals surface area (Å²) < 4.78 is 29.0. The lowest BCUT2D eigenvalue weighted by molar-refractivity contribution is -0.286. The lowest BCUT2D eigenvalue weighted by Crippen LogP contribution is -2.52. The summed E-state index contributed by atoms with van der Waals surface area (Å²) in [5.41, 5.74) is -1.86. The minimum Gasteiger partial charge on any atom is -0.467 e. The molecule has 0 heterocycles. The van der Waals surface area contributed by atoms with Gasteiger partial charge in [-0.3, -0.25) is 0 Å². The van der Waals surface area contributed by atoms with Crippen LogP contribution < -0.4 is 0 Å². The summed E-state index contributed by atoms with van der Waals surface area (Å²) in [6.07, 6.45) is -1.10. The number of allylic oxidation sites excluding steroid dienone is 1. The van der Waals surface area contributed by atoms with E-state index in [1.807, 2.05) is 0 Å². The first-order valence-corrected chi connectivity index (χ1v) is 9.63. The van der Waals surface area contributed by atoms with Gasteiger partial charge in [0.2, 0.25) is 0 Å².